The smallest absolute Gasteiger partial charge is 0.227 e. The van der Waals surface area contributed by atoms with E-state index in [4.69, 9.17) is 5.73 Å². The van der Waals surface area contributed by atoms with Crippen molar-refractivity contribution >= 4 is 5.91 Å². The van der Waals surface area contributed by atoms with Gasteiger partial charge in [-0.15, -0.1) is 0 Å². The molecule has 0 aliphatic carbocycles. The second-order valence-electron chi connectivity index (χ2n) is 5.75. The Bertz CT molecular complexity index is 383. The number of carbonyl (C=O) groups excluding carboxylic acids is 1. The minimum absolute atomic E-state index is 0.135. The van der Waals surface area contributed by atoms with E-state index in [1.165, 1.54) is 0 Å². The van der Waals surface area contributed by atoms with Crippen LogP contribution in [0.1, 0.15) is 52.4 Å². The predicted molar refractivity (Wildman–Crippen MR) is 85.8 cm³/mol. The Morgan fingerprint density at radius 2 is 2.00 bits per heavy atom. The van der Waals surface area contributed by atoms with Crippen LogP contribution in [0.4, 0.5) is 0 Å². The molecule has 0 bridgehead atoms. The highest BCUT2D eigenvalue weighted by atomic mass is 16.2. The van der Waals surface area contributed by atoms with E-state index in [1.54, 1.807) is 6.20 Å². The van der Waals surface area contributed by atoms with Crippen LogP contribution in [-0.2, 0) is 11.3 Å². The Balaban J connectivity index is 2.32. The van der Waals surface area contributed by atoms with Crippen LogP contribution in [0.5, 0.6) is 0 Å². The van der Waals surface area contributed by atoms with Crippen LogP contribution < -0.4 is 11.1 Å². The lowest BCUT2D eigenvalue weighted by molar-refractivity contribution is -0.131. The quantitative estimate of drug-likeness (QED) is 0.615. The van der Waals surface area contributed by atoms with E-state index in [0.717, 1.165) is 51.6 Å². The van der Waals surface area contributed by atoms with Crippen molar-refractivity contribution in [2.45, 2.75) is 58.9 Å². The molecule has 0 atom stereocenters. The number of aromatic nitrogens is 2. The van der Waals surface area contributed by atoms with Gasteiger partial charge in [0, 0.05) is 32.0 Å². The van der Waals surface area contributed by atoms with Gasteiger partial charge in [-0.2, -0.15) is 0 Å². The van der Waals surface area contributed by atoms with Gasteiger partial charge in [0.25, 0.3) is 0 Å². The maximum Gasteiger partial charge on any atom is 0.227 e. The van der Waals surface area contributed by atoms with Gasteiger partial charge in [-0.05, 0) is 25.7 Å². The summed E-state index contributed by atoms with van der Waals surface area (Å²) in [6, 6.07) is 0. The molecule has 0 spiro atoms. The fourth-order valence-corrected chi connectivity index (χ4v) is 2.83. The number of nitrogens with two attached hydrogens (primary N) is 1. The lowest BCUT2D eigenvalue weighted by Crippen LogP contribution is -2.46. The average molecular weight is 294 g/mol. The van der Waals surface area contributed by atoms with E-state index >= 15 is 0 Å². The average Bonchev–Trinajstić information content (AvgIpc) is 2.99. The maximum atomic E-state index is 12.5. The normalized spacial score (nSPS) is 11.6. The number of amides is 1. The van der Waals surface area contributed by atoms with Gasteiger partial charge in [0.05, 0.1) is 11.7 Å². The molecule has 0 aliphatic heterocycles. The third-order valence-electron chi connectivity index (χ3n) is 4.02. The highest BCUT2D eigenvalue weighted by molar-refractivity contribution is 5.82. The minimum Gasteiger partial charge on any atom is -0.356 e. The first-order valence-corrected chi connectivity index (χ1v) is 8.12. The molecule has 5 heteroatoms. The van der Waals surface area contributed by atoms with Crippen molar-refractivity contribution in [1.29, 1.82) is 0 Å². The first kappa shape index (κ1) is 17.7. The molecule has 120 valence electrons. The standard InChI is InChI=1S/C16H30N4O/c1-3-7-16(13-17,8-4-2)15(21)19-9-5-6-11-20-12-10-18-14-20/h10,12,14H,3-9,11,13,17H2,1-2H3,(H,19,21). The molecule has 0 saturated heterocycles. The minimum atomic E-state index is -0.367. The van der Waals surface area contributed by atoms with Gasteiger partial charge < -0.3 is 15.6 Å². The molecule has 1 aromatic rings. The third kappa shape index (κ3) is 5.50. The summed E-state index contributed by atoms with van der Waals surface area (Å²) in [5.74, 6) is 0.135. The Morgan fingerprint density at radius 1 is 1.29 bits per heavy atom. The molecule has 0 saturated carbocycles. The van der Waals surface area contributed by atoms with Gasteiger partial charge >= 0.3 is 0 Å². The van der Waals surface area contributed by atoms with E-state index in [9.17, 15) is 4.79 Å². The van der Waals surface area contributed by atoms with Gasteiger partial charge in [0.15, 0.2) is 0 Å². The van der Waals surface area contributed by atoms with E-state index in [2.05, 4.69) is 28.7 Å². The summed E-state index contributed by atoms with van der Waals surface area (Å²) in [5, 5.41) is 3.08. The molecule has 3 N–H and O–H groups in total. The number of hydrogen-bond donors (Lipinski definition) is 2. The summed E-state index contributed by atoms with van der Waals surface area (Å²) in [5.41, 5.74) is 5.54. The fourth-order valence-electron chi connectivity index (χ4n) is 2.83. The SMILES string of the molecule is CCCC(CN)(CCC)C(=O)NCCCCn1ccnc1. The van der Waals surface area contributed by atoms with Gasteiger partial charge in [0.1, 0.15) is 0 Å². The lowest BCUT2D eigenvalue weighted by Gasteiger charge is -2.30. The van der Waals surface area contributed by atoms with Crippen LogP contribution in [0.25, 0.3) is 0 Å². The molecular weight excluding hydrogens is 264 g/mol. The highest BCUT2D eigenvalue weighted by Gasteiger charge is 2.34. The van der Waals surface area contributed by atoms with Gasteiger partial charge in [-0.3, -0.25) is 4.79 Å². The van der Waals surface area contributed by atoms with Crippen LogP contribution >= 0.6 is 0 Å². The monoisotopic (exact) mass is 294 g/mol. The second kappa shape index (κ2) is 9.55. The molecule has 5 nitrogen and oxygen atoms in total. The molecule has 0 aromatic carbocycles. The van der Waals surface area contributed by atoms with Crippen molar-refractivity contribution in [1.82, 2.24) is 14.9 Å². The molecule has 0 radical (unpaired) electrons. The van der Waals surface area contributed by atoms with Crippen molar-refractivity contribution < 1.29 is 4.79 Å². The number of unbranched alkanes of at least 4 members (excludes halogenated alkanes) is 1. The predicted octanol–water partition coefficient (Wildman–Crippen LogP) is 2.32. The zero-order chi connectivity index (χ0) is 15.6. The molecule has 0 unspecified atom stereocenters. The number of aryl methyl sites for hydroxylation is 1. The molecular formula is C16H30N4O. The zero-order valence-corrected chi connectivity index (χ0v) is 13.5. The van der Waals surface area contributed by atoms with Gasteiger partial charge in [-0.25, -0.2) is 4.98 Å². The van der Waals surface area contributed by atoms with Crippen molar-refractivity contribution in [2.75, 3.05) is 13.1 Å². The highest BCUT2D eigenvalue weighted by Crippen LogP contribution is 2.28. The van der Waals surface area contributed by atoms with Crippen LogP contribution in [0, 0.1) is 5.41 Å². The van der Waals surface area contributed by atoms with Crippen LogP contribution in [0.15, 0.2) is 18.7 Å². The van der Waals surface area contributed by atoms with Gasteiger partial charge in [0.2, 0.25) is 5.91 Å². The summed E-state index contributed by atoms with van der Waals surface area (Å²) < 4.78 is 2.06. The Labute approximate surface area is 128 Å². The number of nitrogens with one attached hydrogen (secondary N) is 1. The van der Waals surface area contributed by atoms with Crippen molar-refractivity contribution in [3.8, 4) is 0 Å². The van der Waals surface area contributed by atoms with Crippen molar-refractivity contribution in [3.05, 3.63) is 18.7 Å². The first-order chi connectivity index (χ1) is 10.2. The fraction of sp³-hybridized carbons (Fsp3) is 0.750. The van der Waals surface area contributed by atoms with E-state index in [1.807, 2.05) is 12.5 Å². The molecule has 1 aromatic heterocycles. The Hall–Kier alpha value is -1.36. The van der Waals surface area contributed by atoms with Crippen molar-refractivity contribution in [3.63, 3.8) is 0 Å². The summed E-state index contributed by atoms with van der Waals surface area (Å²) in [6.07, 6.45) is 11.3. The molecule has 0 aliphatic rings. The summed E-state index contributed by atoms with van der Waals surface area (Å²) in [7, 11) is 0. The molecule has 21 heavy (non-hydrogen) atoms. The summed E-state index contributed by atoms with van der Waals surface area (Å²) in [6.45, 7) is 6.33. The summed E-state index contributed by atoms with van der Waals surface area (Å²) >= 11 is 0. The number of rotatable bonds is 11. The van der Waals surface area contributed by atoms with E-state index in [0.29, 0.717) is 6.54 Å². The number of nitrogens with zero attached hydrogens (tertiary/aromatic N) is 2. The molecule has 1 heterocycles. The maximum absolute atomic E-state index is 12.5. The topological polar surface area (TPSA) is 72.9 Å². The van der Waals surface area contributed by atoms with E-state index in [-0.39, 0.29) is 11.3 Å². The molecule has 1 rings (SSSR count). The van der Waals surface area contributed by atoms with Crippen LogP contribution in [0.2, 0.25) is 0 Å². The second-order valence-corrected chi connectivity index (χ2v) is 5.75. The van der Waals surface area contributed by atoms with E-state index < -0.39 is 0 Å². The lowest BCUT2D eigenvalue weighted by atomic mass is 9.78. The zero-order valence-electron chi connectivity index (χ0n) is 13.5. The largest absolute Gasteiger partial charge is 0.356 e. The van der Waals surface area contributed by atoms with Crippen LogP contribution in [-0.4, -0.2) is 28.5 Å². The molecule has 1 amide bonds. The molecule has 0 fully saturated rings. The van der Waals surface area contributed by atoms with Gasteiger partial charge in [-0.1, -0.05) is 26.7 Å². The Kier molecular flexibility index (Phi) is 8.05. The first-order valence-electron chi connectivity index (χ1n) is 8.12. The number of imidazole rings is 1. The third-order valence-corrected chi connectivity index (χ3v) is 4.02. The van der Waals surface area contributed by atoms with Crippen LogP contribution in [0.3, 0.4) is 0 Å². The number of carbonyl (C=O) groups is 1. The number of hydrogen-bond acceptors (Lipinski definition) is 3. The van der Waals surface area contributed by atoms with Crippen molar-refractivity contribution in [2.24, 2.45) is 11.1 Å². The summed E-state index contributed by atoms with van der Waals surface area (Å²) in [4.78, 5) is 16.5. The Morgan fingerprint density at radius 3 is 2.52 bits per heavy atom.